The molecule has 0 amide bonds. The minimum atomic E-state index is -0.699. The molecule has 7 nitrogen and oxygen atoms in total. The van der Waals surface area contributed by atoms with Gasteiger partial charge in [0.1, 0.15) is 5.82 Å². The number of nitrogens with one attached hydrogen (secondary N) is 1. The zero-order valence-corrected chi connectivity index (χ0v) is 11.9. The quantitative estimate of drug-likeness (QED) is 0.752. The summed E-state index contributed by atoms with van der Waals surface area (Å²) in [5.74, 6) is 0.695. The molecular formula is C15H12FN7. The van der Waals surface area contributed by atoms with Gasteiger partial charge >= 0.3 is 0 Å². The van der Waals surface area contributed by atoms with Crippen LogP contribution in [0.5, 0.6) is 0 Å². The summed E-state index contributed by atoms with van der Waals surface area (Å²) in [7, 11) is 0. The molecule has 3 N–H and O–H groups in total. The Hall–Kier alpha value is -3.29. The van der Waals surface area contributed by atoms with Gasteiger partial charge in [-0.15, -0.1) is 5.10 Å². The van der Waals surface area contributed by atoms with Gasteiger partial charge in [-0.05, 0) is 18.2 Å². The molecule has 1 aliphatic heterocycles. The molecule has 0 fully saturated rings. The minimum Gasteiger partial charge on any atom is -0.370 e. The van der Waals surface area contributed by atoms with Gasteiger partial charge in [0, 0.05) is 23.5 Å². The minimum absolute atomic E-state index is 0.166. The lowest BCUT2D eigenvalue weighted by atomic mass is 10.1. The fourth-order valence-corrected chi connectivity index (χ4v) is 2.42. The van der Waals surface area contributed by atoms with E-state index in [0.717, 1.165) is 5.56 Å². The van der Waals surface area contributed by atoms with Gasteiger partial charge in [0.05, 0.1) is 0 Å². The molecular weight excluding hydrogens is 297 g/mol. The van der Waals surface area contributed by atoms with Crippen molar-refractivity contribution in [3.63, 3.8) is 0 Å². The Morgan fingerprint density at radius 3 is 2.70 bits per heavy atom. The highest BCUT2D eigenvalue weighted by Crippen LogP contribution is 2.29. The lowest BCUT2D eigenvalue weighted by molar-refractivity contribution is 0.505. The SMILES string of the molecule is NC1=NC(c2ccccc2F)n2nc(-c3ccncc3)nc2N1. The van der Waals surface area contributed by atoms with Crippen LogP contribution in [0.1, 0.15) is 11.7 Å². The maximum absolute atomic E-state index is 14.1. The maximum atomic E-state index is 14.1. The number of benzene rings is 1. The van der Waals surface area contributed by atoms with Gasteiger partial charge in [-0.25, -0.2) is 14.1 Å². The highest BCUT2D eigenvalue weighted by Gasteiger charge is 2.27. The molecule has 0 aliphatic carbocycles. The largest absolute Gasteiger partial charge is 0.370 e. The van der Waals surface area contributed by atoms with Crippen LogP contribution in [0.15, 0.2) is 53.8 Å². The lowest BCUT2D eigenvalue weighted by Crippen LogP contribution is -2.32. The van der Waals surface area contributed by atoms with Gasteiger partial charge in [-0.3, -0.25) is 10.3 Å². The fraction of sp³-hybridized carbons (Fsp3) is 0.0667. The Morgan fingerprint density at radius 2 is 1.91 bits per heavy atom. The van der Waals surface area contributed by atoms with Crippen molar-refractivity contribution in [2.45, 2.75) is 6.17 Å². The van der Waals surface area contributed by atoms with Crippen LogP contribution in [-0.4, -0.2) is 25.7 Å². The van der Waals surface area contributed by atoms with Crippen molar-refractivity contribution >= 4 is 11.9 Å². The third kappa shape index (κ3) is 2.30. The van der Waals surface area contributed by atoms with Crippen LogP contribution in [0, 0.1) is 5.82 Å². The van der Waals surface area contributed by atoms with E-state index in [1.54, 1.807) is 42.7 Å². The summed E-state index contributed by atoms with van der Waals surface area (Å²) in [5.41, 5.74) is 6.98. The van der Waals surface area contributed by atoms with Gasteiger partial charge in [0.25, 0.3) is 0 Å². The number of rotatable bonds is 2. The number of halogens is 1. The smallest absolute Gasteiger partial charge is 0.230 e. The fourth-order valence-electron chi connectivity index (χ4n) is 2.42. The van der Waals surface area contributed by atoms with Crippen LogP contribution in [0.25, 0.3) is 11.4 Å². The number of aliphatic imine (C=N–C) groups is 1. The lowest BCUT2D eigenvalue weighted by Gasteiger charge is -2.21. The molecule has 0 spiro atoms. The molecule has 0 saturated carbocycles. The van der Waals surface area contributed by atoms with Crippen molar-refractivity contribution in [3.8, 4) is 11.4 Å². The first kappa shape index (κ1) is 13.4. The normalized spacial score (nSPS) is 16.4. The summed E-state index contributed by atoms with van der Waals surface area (Å²) in [5, 5.41) is 7.29. The van der Waals surface area contributed by atoms with Gasteiger partial charge in [0.15, 0.2) is 17.9 Å². The second kappa shape index (κ2) is 5.16. The van der Waals surface area contributed by atoms with Crippen LogP contribution in [0.4, 0.5) is 10.3 Å². The van der Waals surface area contributed by atoms with Gasteiger partial charge in [0.2, 0.25) is 5.95 Å². The monoisotopic (exact) mass is 309 g/mol. The van der Waals surface area contributed by atoms with E-state index in [1.807, 2.05) is 0 Å². The summed E-state index contributed by atoms with van der Waals surface area (Å²) in [4.78, 5) is 12.6. The van der Waals surface area contributed by atoms with E-state index < -0.39 is 6.17 Å². The van der Waals surface area contributed by atoms with Crippen molar-refractivity contribution in [3.05, 3.63) is 60.2 Å². The van der Waals surface area contributed by atoms with Crippen LogP contribution >= 0.6 is 0 Å². The molecule has 1 unspecified atom stereocenters. The first-order chi connectivity index (χ1) is 11.2. The molecule has 1 aromatic carbocycles. The summed E-state index contributed by atoms with van der Waals surface area (Å²) in [6.07, 6.45) is 2.61. The Morgan fingerprint density at radius 1 is 1.13 bits per heavy atom. The second-order valence-corrected chi connectivity index (χ2v) is 4.97. The van der Waals surface area contributed by atoms with Crippen LogP contribution in [-0.2, 0) is 0 Å². The van der Waals surface area contributed by atoms with Crippen molar-refractivity contribution < 1.29 is 4.39 Å². The maximum Gasteiger partial charge on any atom is 0.230 e. The van der Waals surface area contributed by atoms with Crippen molar-refractivity contribution in [2.24, 2.45) is 10.7 Å². The van der Waals surface area contributed by atoms with E-state index in [2.05, 4.69) is 25.4 Å². The predicted octanol–water partition coefficient (Wildman–Crippen LogP) is 1.77. The van der Waals surface area contributed by atoms with E-state index >= 15 is 0 Å². The number of nitrogens with two attached hydrogens (primary N) is 1. The number of hydrogen-bond donors (Lipinski definition) is 2. The first-order valence-corrected chi connectivity index (χ1v) is 6.94. The highest BCUT2D eigenvalue weighted by molar-refractivity contribution is 5.92. The number of fused-ring (bicyclic) bond motifs is 1. The van der Waals surface area contributed by atoms with Gasteiger partial charge in [-0.1, -0.05) is 18.2 Å². The number of guanidine groups is 1. The van der Waals surface area contributed by atoms with Crippen LogP contribution in [0.3, 0.4) is 0 Å². The molecule has 3 aromatic rings. The highest BCUT2D eigenvalue weighted by atomic mass is 19.1. The third-order valence-electron chi connectivity index (χ3n) is 3.49. The number of pyridine rings is 1. The Balaban J connectivity index is 1.83. The Bertz CT molecular complexity index is 888. The molecule has 23 heavy (non-hydrogen) atoms. The zero-order valence-electron chi connectivity index (χ0n) is 11.9. The Labute approximate surface area is 130 Å². The third-order valence-corrected chi connectivity index (χ3v) is 3.49. The van der Waals surface area contributed by atoms with E-state index in [0.29, 0.717) is 17.3 Å². The Kier molecular flexibility index (Phi) is 3.00. The second-order valence-electron chi connectivity index (χ2n) is 4.97. The van der Waals surface area contributed by atoms with Crippen molar-refractivity contribution in [1.82, 2.24) is 19.7 Å². The zero-order chi connectivity index (χ0) is 15.8. The molecule has 0 saturated heterocycles. The number of aromatic nitrogens is 4. The van der Waals surface area contributed by atoms with Crippen molar-refractivity contribution in [2.75, 3.05) is 5.32 Å². The molecule has 114 valence electrons. The molecule has 0 bridgehead atoms. The van der Waals surface area contributed by atoms with Crippen LogP contribution < -0.4 is 11.1 Å². The summed E-state index contributed by atoms with van der Waals surface area (Å²) >= 11 is 0. The summed E-state index contributed by atoms with van der Waals surface area (Å²) in [6, 6.07) is 9.99. The van der Waals surface area contributed by atoms with E-state index in [9.17, 15) is 4.39 Å². The average molecular weight is 309 g/mol. The first-order valence-electron chi connectivity index (χ1n) is 6.94. The van der Waals surface area contributed by atoms with Crippen molar-refractivity contribution in [1.29, 1.82) is 0 Å². The molecule has 0 radical (unpaired) electrons. The number of hydrogen-bond acceptors (Lipinski definition) is 6. The molecule has 1 atom stereocenters. The summed E-state index contributed by atoms with van der Waals surface area (Å²) in [6.45, 7) is 0. The summed E-state index contributed by atoms with van der Waals surface area (Å²) < 4.78 is 15.6. The topological polar surface area (TPSA) is 94.0 Å². The molecule has 3 heterocycles. The van der Waals surface area contributed by atoms with Gasteiger partial charge < -0.3 is 5.73 Å². The van der Waals surface area contributed by atoms with Gasteiger partial charge in [-0.2, -0.15) is 4.98 Å². The number of nitrogens with zero attached hydrogens (tertiary/aromatic N) is 5. The molecule has 2 aromatic heterocycles. The van der Waals surface area contributed by atoms with E-state index in [-0.39, 0.29) is 11.8 Å². The average Bonchev–Trinajstić information content (AvgIpc) is 2.99. The predicted molar refractivity (Wildman–Crippen MR) is 83.0 cm³/mol. The molecule has 1 aliphatic rings. The van der Waals surface area contributed by atoms with E-state index in [1.165, 1.54) is 10.7 Å². The molecule has 4 rings (SSSR count). The molecule has 8 heteroatoms. The van der Waals surface area contributed by atoms with E-state index in [4.69, 9.17) is 5.73 Å². The number of anilines is 1. The van der Waals surface area contributed by atoms with Crippen LogP contribution in [0.2, 0.25) is 0 Å². The standard InChI is InChI=1S/C15H12FN7/c16-11-4-2-1-3-10(11)13-20-14(17)21-15-19-12(22-23(13)15)9-5-7-18-8-6-9/h1-8,13H,(H3,17,19,20,21,22).